The van der Waals surface area contributed by atoms with Crippen molar-refractivity contribution in [2.75, 3.05) is 20.7 Å². The van der Waals surface area contributed by atoms with Gasteiger partial charge in [-0.2, -0.15) is 0 Å². The molecule has 1 saturated heterocycles. The molecular weight excluding hydrogens is 412 g/mol. The summed E-state index contributed by atoms with van der Waals surface area (Å²) < 4.78 is 10.4. The molecule has 3 rings (SSSR count). The molecule has 150 valence electrons. The average molecular weight is 431 g/mol. The quantitative estimate of drug-likeness (QED) is 0.397. The number of nitrogens with zero attached hydrogens (tertiary/aromatic N) is 2. The Kier molecular flexibility index (Phi) is 6.51. The van der Waals surface area contributed by atoms with E-state index in [2.05, 4.69) is 4.74 Å². The van der Waals surface area contributed by atoms with E-state index < -0.39 is 5.97 Å². The number of ether oxygens (including phenoxy) is 2. The Morgan fingerprint density at radius 2 is 1.86 bits per heavy atom. The molecule has 0 atom stereocenters. The van der Waals surface area contributed by atoms with Gasteiger partial charge in [0.15, 0.2) is 5.11 Å². The van der Waals surface area contributed by atoms with Crippen LogP contribution in [0.3, 0.4) is 0 Å². The number of methoxy groups -OCH3 is 1. The van der Waals surface area contributed by atoms with Gasteiger partial charge in [-0.1, -0.05) is 41.9 Å². The van der Waals surface area contributed by atoms with Gasteiger partial charge in [-0.15, -0.1) is 0 Å². The van der Waals surface area contributed by atoms with Crippen LogP contribution in [0.2, 0.25) is 5.02 Å². The van der Waals surface area contributed by atoms with Gasteiger partial charge in [-0.05, 0) is 42.1 Å². The van der Waals surface area contributed by atoms with E-state index in [4.69, 9.17) is 28.6 Å². The smallest absolute Gasteiger partial charge is 0.325 e. The minimum absolute atomic E-state index is 0.218. The van der Waals surface area contributed by atoms with Crippen molar-refractivity contribution in [1.29, 1.82) is 0 Å². The topological polar surface area (TPSA) is 59.1 Å². The van der Waals surface area contributed by atoms with Crippen LogP contribution in [0.15, 0.2) is 54.2 Å². The number of hydrogen-bond donors (Lipinski definition) is 0. The van der Waals surface area contributed by atoms with Crippen LogP contribution in [0.1, 0.15) is 11.1 Å². The van der Waals surface area contributed by atoms with Crippen molar-refractivity contribution in [3.63, 3.8) is 0 Å². The Bertz CT molecular complexity index is 975. The lowest BCUT2D eigenvalue weighted by molar-refractivity contribution is -0.143. The third-order valence-electron chi connectivity index (χ3n) is 4.39. The van der Waals surface area contributed by atoms with Gasteiger partial charge in [0.2, 0.25) is 0 Å². The second-order valence-corrected chi connectivity index (χ2v) is 7.06. The molecular formula is C21H19ClN2O4S. The van der Waals surface area contributed by atoms with E-state index in [1.165, 1.54) is 12.0 Å². The molecule has 1 heterocycles. The van der Waals surface area contributed by atoms with E-state index in [1.54, 1.807) is 18.0 Å². The van der Waals surface area contributed by atoms with Crippen LogP contribution in [0.4, 0.5) is 0 Å². The van der Waals surface area contributed by atoms with Crippen LogP contribution < -0.4 is 4.74 Å². The standard InChI is InChI=1S/C21H19ClN2O4S/c1-23-18(20(26)24(21(23)29)12-19(25)27-2)11-14-7-9-16(10-8-14)28-13-15-5-3-4-6-17(15)22/h3-11H,12-13H2,1-2H3/b18-11-. The Balaban J connectivity index is 1.70. The first-order valence-corrected chi connectivity index (χ1v) is 9.53. The minimum Gasteiger partial charge on any atom is -0.489 e. The Morgan fingerprint density at radius 3 is 2.52 bits per heavy atom. The van der Waals surface area contributed by atoms with Crippen molar-refractivity contribution in [2.45, 2.75) is 6.61 Å². The monoisotopic (exact) mass is 430 g/mol. The largest absolute Gasteiger partial charge is 0.489 e. The summed E-state index contributed by atoms with van der Waals surface area (Å²) in [5, 5.41) is 0.912. The maximum atomic E-state index is 12.6. The molecule has 1 aliphatic rings. The highest BCUT2D eigenvalue weighted by Gasteiger charge is 2.36. The number of hydrogen-bond acceptors (Lipinski definition) is 5. The van der Waals surface area contributed by atoms with Gasteiger partial charge in [0.05, 0.1) is 7.11 Å². The van der Waals surface area contributed by atoms with Crippen molar-refractivity contribution in [2.24, 2.45) is 0 Å². The van der Waals surface area contributed by atoms with E-state index >= 15 is 0 Å². The number of thiocarbonyl (C=S) groups is 1. The van der Waals surface area contributed by atoms with Crippen LogP contribution in [0, 0.1) is 0 Å². The Hall–Kier alpha value is -2.90. The first kappa shape index (κ1) is 20.8. The Labute approximate surface area is 179 Å². The van der Waals surface area contributed by atoms with Crippen molar-refractivity contribution in [1.82, 2.24) is 9.80 Å². The van der Waals surface area contributed by atoms with Gasteiger partial charge < -0.3 is 14.4 Å². The molecule has 1 aliphatic heterocycles. The summed E-state index contributed by atoms with van der Waals surface area (Å²) >= 11 is 11.4. The van der Waals surface area contributed by atoms with Crippen molar-refractivity contribution < 1.29 is 19.1 Å². The number of esters is 1. The third-order valence-corrected chi connectivity index (χ3v) is 5.26. The molecule has 2 aromatic rings. The molecule has 0 N–H and O–H groups in total. The molecule has 0 saturated carbocycles. The molecule has 0 aromatic heterocycles. The number of likely N-dealkylation sites (N-methyl/N-ethyl adjacent to an activating group) is 1. The number of carbonyl (C=O) groups excluding carboxylic acids is 2. The first-order chi connectivity index (χ1) is 13.9. The molecule has 0 aliphatic carbocycles. The normalized spacial score (nSPS) is 15.2. The number of rotatable bonds is 6. The second-order valence-electron chi connectivity index (χ2n) is 6.29. The lowest BCUT2D eigenvalue weighted by Gasteiger charge is -2.14. The zero-order valence-electron chi connectivity index (χ0n) is 15.9. The maximum Gasteiger partial charge on any atom is 0.325 e. The zero-order chi connectivity index (χ0) is 21.0. The van der Waals surface area contributed by atoms with Crippen LogP contribution in [0.5, 0.6) is 5.75 Å². The second kappa shape index (κ2) is 9.07. The SMILES string of the molecule is COC(=O)CN1C(=O)/C(=C/c2ccc(OCc3ccccc3Cl)cc2)N(C)C1=S. The van der Waals surface area contributed by atoms with Gasteiger partial charge in [-0.25, -0.2) is 0 Å². The van der Waals surface area contributed by atoms with Gasteiger partial charge in [0.25, 0.3) is 5.91 Å². The summed E-state index contributed by atoms with van der Waals surface area (Å²) in [6, 6.07) is 14.8. The molecule has 6 nitrogen and oxygen atoms in total. The lowest BCUT2D eigenvalue weighted by atomic mass is 10.1. The number of halogens is 1. The Morgan fingerprint density at radius 1 is 1.17 bits per heavy atom. The first-order valence-electron chi connectivity index (χ1n) is 8.75. The fraction of sp³-hybridized carbons (Fsp3) is 0.190. The third kappa shape index (κ3) is 4.75. The number of benzene rings is 2. The van der Waals surface area contributed by atoms with E-state index in [0.717, 1.165) is 11.1 Å². The molecule has 29 heavy (non-hydrogen) atoms. The van der Waals surface area contributed by atoms with Crippen molar-refractivity contribution in [3.8, 4) is 5.75 Å². The van der Waals surface area contributed by atoms with Gasteiger partial charge in [0, 0.05) is 17.6 Å². The highest BCUT2D eigenvalue weighted by Crippen LogP contribution is 2.24. The van der Waals surface area contributed by atoms with Gasteiger partial charge in [0.1, 0.15) is 24.6 Å². The fourth-order valence-electron chi connectivity index (χ4n) is 2.74. The molecule has 0 bridgehead atoms. The number of carbonyl (C=O) groups is 2. The summed E-state index contributed by atoms with van der Waals surface area (Å²) in [5.74, 6) is -0.196. The zero-order valence-corrected chi connectivity index (χ0v) is 17.5. The van der Waals surface area contributed by atoms with Crippen molar-refractivity contribution in [3.05, 3.63) is 70.4 Å². The number of amides is 1. The predicted molar refractivity (Wildman–Crippen MR) is 114 cm³/mol. The van der Waals surface area contributed by atoms with Crippen LogP contribution >= 0.6 is 23.8 Å². The average Bonchev–Trinajstić information content (AvgIpc) is 2.92. The molecule has 8 heteroatoms. The summed E-state index contributed by atoms with van der Waals surface area (Å²) in [6.07, 6.45) is 1.71. The molecule has 0 spiro atoms. The summed E-state index contributed by atoms with van der Waals surface area (Å²) in [5.41, 5.74) is 2.08. The van der Waals surface area contributed by atoms with E-state index in [9.17, 15) is 9.59 Å². The summed E-state index contributed by atoms with van der Waals surface area (Å²) in [4.78, 5) is 26.9. The highest BCUT2D eigenvalue weighted by molar-refractivity contribution is 7.80. The van der Waals surface area contributed by atoms with E-state index in [0.29, 0.717) is 23.1 Å². The summed E-state index contributed by atoms with van der Waals surface area (Å²) in [6.45, 7) is 0.142. The molecule has 1 amide bonds. The predicted octanol–water partition coefficient (Wildman–Crippen LogP) is 3.49. The highest BCUT2D eigenvalue weighted by atomic mass is 35.5. The van der Waals surface area contributed by atoms with Gasteiger partial charge >= 0.3 is 5.97 Å². The van der Waals surface area contributed by atoms with Gasteiger partial charge in [-0.3, -0.25) is 14.5 Å². The minimum atomic E-state index is -0.532. The molecule has 0 unspecified atom stereocenters. The molecule has 1 fully saturated rings. The summed E-state index contributed by atoms with van der Waals surface area (Å²) in [7, 11) is 2.95. The molecule has 0 radical (unpaired) electrons. The van der Waals surface area contributed by atoms with E-state index in [-0.39, 0.29) is 17.6 Å². The van der Waals surface area contributed by atoms with Crippen LogP contribution in [-0.4, -0.2) is 47.5 Å². The fourth-order valence-corrected chi connectivity index (χ4v) is 3.18. The molecule has 2 aromatic carbocycles. The lowest BCUT2D eigenvalue weighted by Crippen LogP contribution is -2.36. The van der Waals surface area contributed by atoms with Crippen molar-refractivity contribution >= 4 is 46.9 Å². The van der Waals surface area contributed by atoms with E-state index in [1.807, 2.05) is 48.5 Å². The van der Waals surface area contributed by atoms with Crippen LogP contribution in [-0.2, 0) is 20.9 Å². The maximum absolute atomic E-state index is 12.6. The van der Waals surface area contributed by atoms with Crippen LogP contribution in [0.25, 0.3) is 6.08 Å².